The van der Waals surface area contributed by atoms with Crippen molar-refractivity contribution in [3.63, 3.8) is 0 Å². The molecule has 2 aromatic rings. The first-order valence-corrected chi connectivity index (χ1v) is 6.37. The van der Waals surface area contributed by atoms with E-state index in [1.165, 1.54) is 5.56 Å². The average molecular weight is 262 g/mol. The second kappa shape index (κ2) is 5.61. The van der Waals surface area contributed by atoms with Gasteiger partial charge in [-0.2, -0.15) is 11.3 Å². The minimum atomic E-state index is -0.210. The largest absolute Gasteiger partial charge is 0.347 e. The second-order valence-corrected chi connectivity index (χ2v) is 4.58. The molecule has 0 aromatic carbocycles. The number of hydrogen-bond donors (Lipinski definition) is 3. The van der Waals surface area contributed by atoms with Gasteiger partial charge in [-0.3, -0.25) is 15.6 Å². The Hall–Kier alpha value is -1.92. The molecule has 6 heteroatoms. The molecule has 0 radical (unpaired) electrons. The van der Waals surface area contributed by atoms with Crippen LogP contribution < -0.4 is 16.6 Å². The summed E-state index contributed by atoms with van der Waals surface area (Å²) in [5, 5.41) is 6.91. The van der Waals surface area contributed by atoms with Crippen LogP contribution in [-0.4, -0.2) is 10.9 Å². The van der Waals surface area contributed by atoms with E-state index in [1.54, 1.807) is 29.7 Å². The van der Waals surface area contributed by atoms with Gasteiger partial charge in [-0.25, -0.2) is 0 Å². The molecule has 0 aliphatic heterocycles. The minimum absolute atomic E-state index is 0.210. The van der Waals surface area contributed by atoms with Crippen molar-refractivity contribution in [3.05, 3.63) is 45.9 Å². The molecule has 0 aliphatic rings. The van der Waals surface area contributed by atoms with Crippen LogP contribution in [0.3, 0.4) is 0 Å². The monoisotopic (exact) mass is 262 g/mol. The molecule has 2 aromatic heterocycles. The molecule has 0 unspecified atom stereocenters. The Morgan fingerprint density at radius 3 is 3.00 bits per heavy atom. The molecule has 5 nitrogen and oxygen atoms in total. The fourth-order valence-corrected chi connectivity index (χ4v) is 2.34. The van der Waals surface area contributed by atoms with Crippen LogP contribution in [0.25, 0.3) is 0 Å². The number of aryl methyl sites for hydroxylation is 1. The number of pyridine rings is 1. The minimum Gasteiger partial charge on any atom is -0.347 e. The number of nitrogens with one attached hydrogen (secondary N) is 2. The van der Waals surface area contributed by atoms with Crippen molar-refractivity contribution in [2.45, 2.75) is 13.5 Å². The second-order valence-electron chi connectivity index (χ2n) is 3.84. The number of hydrazine groups is 1. The zero-order valence-electron chi connectivity index (χ0n) is 9.93. The van der Waals surface area contributed by atoms with Gasteiger partial charge in [0.2, 0.25) is 0 Å². The summed E-state index contributed by atoms with van der Waals surface area (Å²) >= 11 is 1.63. The molecule has 0 atom stereocenters. The van der Waals surface area contributed by atoms with Crippen LogP contribution in [0.4, 0.5) is 5.69 Å². The average Bonchev–Trinajstić information content (AvgIpc) is 2.81. The van der Waals surface area contributed by atoms with E-state index in [0.29, 0.717) is 17.9 Å². The standard InChI is InChI=1S/C12H14N4OS/c1-8-6-18-7-9(8)5-15-12(17)11-4-10(16-13)2-3-14-11/h2-4,6-7H,5,13H2,1H3,(H,14,16)(H,15,17). The number of hydrogen-bond acceptors (Lipinski definition) is 5. The van der Waals surface area contributed by atoms with E-state index in [0.717, 1.165) is 5.56 Å². The summed E-state index contributed by atoms with van der Waals surface area (Å²) in [6, 6.07) is 3.30. The van der Waals surface area contributed by atoms with Crippen molar-refractivity contribution in [2.75, 3.05) is 5.43 Å². The predicted molar refractivity (Wildman–Crippen MR) is 72.3 cm³/mol. The summed E-state index contributed by atoms with van der Waals surface area (Å²) < 4.78 is 0. The van der Waals surface area contributed by atoms with Crippen LogP contribution in [0.1, 0.15) is 21.6 Å². The first kappa shape index (κ1) is 12.5. The van der Waals surface area contributed by atoms with Gasteiger partial charge in [0.05, 0.1) is 5.69 Å². The molecule has 0 saturated heterocycles. The molecule has 2 heterocycles. The number of anilines is 1. The molecule has 0 bridgehead atoms. The van der Waals surface area contributed by atoms with Gasteiger partial charge in [-0.1, -0.05) is 0 Å². The Labute approximate surface area is 109 Å². The zero-order chi connectivity index (χ0) is 13.0. The van der Waals surface area contributed by atoms with Gasteiger partial charge in [-0.05, 0) is 40.9 Å². The van der Waals surface area contributed by atoms with Crippen molar-refractivity contribution in [1.29, 1.82) is 0 Å². The molecule has 0 fully saturated rings. The molecule has 1 amide bonds. The zero-order valence-corrected chi connectivity index (χ0v) is 10.8. The molecule has 18 heavy (non-hydrogen) atoms. The first-order chi connectivity index (χ1) is 8.70. The van der Waals surface area contributed by atoms with Crippen molar-refractivity contribution in [1.82, 2.24) is 10.3 Å². The molecule has 0 spiro atoms. The number of nitrogen functional groups attached to an aromatic ring is 1. The third-order valence-corrected chi connectivity index (χ3v) is 3.47. The highest BCUT2D eigenvalue weighted by Gasteiger charge is 2.08. The van der Waals surface area contributed by atoms with Gasteiger partial charge in [0, 0.05) is 12.7 Å². The van der Waals surface area contributed by atoms with Crippen molar-refractivity contribution < 1.29 is 4.79 Å². The van der Waals surface area contributed by atoms with Gasteiger partial charge < -0.3 is 10.7 Å². The van der Waals surface area contributed by atoms with Crippen LogP contribution >= 0.6 is 11.3 Å². The van der Waals surface area contributed by atoms with E-state index in [-0.39, 0.29) is 5.91 Å². The van der Waals surface area contributed by atoms with E-state index in [1.807, 2.05) is 12.3 Å². The highest BCUT2D eigenvalue weighted by molar-refractivity contribution is 7.08. The van der Waals surface area contributed by atoms with Gasteiger partial charge in [-0.15, -0.1) is 0 Å². The SMILES string of the molecule is Cc1cscc1CNC(=O)c1cc(NN)ccn1. The summed E-state index contributed by atoms with van der Waals surface area (Å²) in [5.41, 5.74) is 5.79. The smallest absolute Gasteiger partial charge is 0.270 e. The normalized spacial score (nSPS) is 10.1. The Kier molecular flexibility index (Phi) is 3.91. The van der Waals surface area contributed by atoms with E-state index in [2.05, 4.69) is 21.1 Å². The Morgan fingerprint density at radius 2 is 2.33 bits per heavy atom. The van der Waals surface area contributed by atoms with Gasteiger partial charge in [0.25, 0.3) is 5.91 Å². The molecule has 4 N–H and O–H groups in total. The van der Waals surface area contributed by atoms with E-state index in [4.69, 9.17) is 5.84 Å². The van der Waals surface area contributed by atoms with Crippen LogP contribution in [0.15, 0.2) is 29.1 Å². The first-order valence-electron chi connectivity index (χ1n) is 5.43. The number of nitrogens with zero attached hydrogens (tertiary/aromatic N) is 1. The van der Waals surface area contributed by atoms with Gasteiger partial charge >= 0.3 is 0 Å². The summed E-state index contributed by atoms with van der Waals surface area (Å²) in [4.78, 5) is 15.9. The number of carbonyl (C=O) groups excluding carboxylic acids is 1. The molecule has 0 aliphatic carbocycles. The fourth-order valence-electron chi connectivity index (χ4n) is 1.48. The summed E-state index contributed by atoms with van der Waals surface area (Å²) in [7, 11) is 0. The lowest BCUT2D eigenvalue weighted by molar-refractivity contribution is 0.0946. The van der Waals surface area contributed by atoms with Crippen molar-refractivity contribution in [3.8, 4) is 0 Å². The molecular weight excluding hydrogens is 248 g/mol. The third kappa shape index (κ3) is 2.85. The predicted octanol–water partition coefficient (Wildman–Crippen LogP) is 1.67. The van der Waals surface area contributed by atoms with Crippen LogP contribution in [0.5, 0.6) is 0 Å². The van der Waals surface area contributed by atoms with Crippen LogP contribution in [0, 0.1) is 6.92 Å². The fraction of sp³-hybridized carbons (Fsp3) is 0.167. The number of aromatic nitrogens is 1. The quantitative estimate of drug-likeness (QED) is 0.578. The third-order valence-electron chi connectivity index (χ3n) is 2.56. The van der Waals surface area contributed by atoms with E-state index >= 15 is 0 Å². The van der Waals surface area contributed by atoms with E-state index in [9.17, 15) is 4.79 Å². The molecular formula is C12H14N4OS. The lowest BCUT2D eigenvalue weighted by Gasteiger charge is -2.05. The maximum atomic E-state index is 11.9. The number of rotatable bonds is 4. The maximum absolute atomic E-state index is 11.9. The maximum Gasteiger partial charge on any atom is 0.270 e. The van der Waals surface area contributed by atoms with Crippen molar-refractivity contribution in [2.24, 2.45) is 5.84 Å². The highest BCUT2D eigenvalue weighted by atomic mass is 32.1. The lowest BCUT2D eigenvalue weighted by atomic mass is 10.2. The van der Waals surface area contributed by atoms with Gasteiger partial charge in [0.1, 0.15) is 5.69 Å². The van der Waals surface area contributed by atoms with E-state index < -0.39 is 0 Å². The Morgan fingerprint density at radius 1 is 1.50 bits per heavy atom. The number of carbonyl (C=O) groups is 1. The summed E-state index contributed by atoms with van der Waals surface area (Å²) in [6.07, 6.45) is 1.54. The molecule has 2 rings (SSSR count). The molecule has 0 saturated carbocycles. The summed E-state index contributed by atoms with van der Waals surface area (Å²) in [5.74, 6) is 5.07. The Balaban J connectivity index is 2.01. The highest BCUT2D eigenvalue weighted by Crippen LogP contribution is 2.13. The number of thiophene rings is 1. The van der Waals surface area contributed by atoms with Crippen LogP contribution in [-0.2, 0) is 6.54 Å². The Bertz CT molecular complexity index is 553. The molecule has 94 valence electrons. The van der Waals surface area contributed by atoms with Crippen molar-refractivity contribution >= 4 is 22.9 Å². The van der Waals surface area contributed by atoms with Gasteiger partial charge in [0.15, 0.2) is 0 Å². The topological polar surface area (TPSA) is 80.0 Å². The lowest BCUT2D eigenvalue weighted by Crippen LogP contribution is -2.24. The van der Waals surface area contributed by atoms with Crippen LogP contribution in [0.2, 0.25) is 0 Å². The number of nitrogens with two attached hydrogens (primary N) is 1. The summed E-state index contributed by atoms with van der Waals surface area (Å²) in [6.45, 7) is 2.53. The number of amides is 1.